The van der Waals surface area contributed by atoms with Crippen LogP contribution in [0, 0.1) is 6.92 Å². The Bertz CT molecular complexity index is 1290. The van der Waals surface area contributed by atoms with Crippen molar-refractivity contribution < 1.29 is 22.7 Å². The smallest absolute Gasteiger partial charge is 0.264 e. The maximum atomic E-state index is 13.7. The fraction of sp³-hybridized carbons (Fsp3) is 0.269. The lowest BCUT2D eigenvalue weighted by Gasteiger charge is -2.27. The van der Waals surface area contributed by atoms with Crippen LogP contribution in [-0.2, 0) is 21.3 Å². The minimum atomic E-state index is -3.90. The van der Waals surface area contributed by atoms with Gasteiger partial charge in [0.25, 0.3) is 15.9 Å². The van der Waals surface area contributed by atoms with Crippen LogP contribution in [0.25, 0.3) is 0 Å². The molecule has 7 nitrogen and oxygen atoms in total. The SMILES string of the molecule is COc1ccc(S(=O)(=O)N(Cc2ccc(C(=O)N3CCOCC3)cc2)c2ccc(C)cc2)cc1Br. The highest BCUT2D eigenvalue weighted by molar-refractivity contribution is 9.10. The van der Waals surface area contributed by atoms with Crippen molar-refractivity contribution in [3.05, 3.63) is 87.9 Å². The van der Waals surface area contributed by atoms with Gasteiger partial charge in [0.05, 0.1) is 41.9 Å². The zero-order chi connectivity index (χ0) is 25.0. The van der Waals surface area contributed by atoms with Gasteiger partial charge in [-0.2, -0.15) is 0 Å². The molecule has 1 heterocycles. The second-order valence-electron chi connectivity index (χ2n) is 8.25. The van der Waals surface area contributed by atoms with E-state index in [0.717, 1.165) is 11.1 Å². The molecule has 3 aromatic rings. The first-order chi connectivity index (χ1) is 16.8. The monoisotopic (exact) mass is 558 g/mol. The fourth-order valence-electron chi connectivity index (χ4n) is 3.83. The third-order valence-corrected chi connectivity index (χ3v) is 8.25. The molecule has 9 heteroatoms. The van der Waals surface area contributed by atoms with E-state index in [1.807, 2.05) is 19.1 Å². The van der Waals surface area contributed by atoms with E-state index < -0.39 is 10.0 Å². The Labute approximate surface area is 214 Å². The molecule has 0 atom stereocenters. The normalized spacial score (nSPS) is 14.0. The molecule has 0 spiro atoms. The highest BCUT2D eigenvalue weighted by Crippen LogP contribution is 2.32. The maximum Gasteiger partial charge on any atom is 0.264 e. The number of carbonyl (C=O) groups is 1. The van der Waals surface area contributed by atoms with E-state index >= 15 is 0 Å². The summed E-state index contributed by atoms with van der Waals surface area (Å²) in [4.78, 5) is 14.7. The summed E-state index contributed by atoms with van der Waals surface area (Å²) in [6, 6.07) is 19.1. The minimum absolute atomic E-state index is 0.0501. The molecule has 0 unspecified atom stereocenters. The lowest BCUT2D eigenvalue weighted by atomic mass is 10.1. The Morgan fingerprint density at radius 1 is 1.03 bits per heavy atom. The number of carbonyl (C=O) groups excluding carboxylic acids is 1. The Morgan fingerprint density at radius 2 is 1.69 bits per heavy atom. The number of morpholine rings is 1. The maximum absolute atomic E-state index is 13.7. The van der Waals surface area contributed by atoms with Crippen LogP contribution >= 0.6 is 15.9 Å². The number of anilines is 1. The molecule has 4 rings (SSSR count). The first kappa shape index (κ1) is 25.2. The van der Waals surface area contributed by atoms with Crippen LogP contribution in [0.1, 0.15) is 21.5 Å². The van der Waals surface area contributed by atoms with Gasteiger partial charge in [-0.25, -0.2) is 8.42 Å². The van der Waals surface area contributed by atoms with E-state index in [4.69, 9.17) is 9.47 Å². The van der Waals surface area contributed by atoms with Crippen LogP contribution < -0.4 is 9.04 Å². The van der Waals surface area contributed by atoms with Gasteiger partial charge in [0, 0.05) is 18.7 Å². The molecular weight excluding hydrogens is 532 g/mol. The van der Waals surface area contributed by atoms with Gasteiger partial charge in [0.15, 0.2) is 0 Å². The highest BCUT2D eigenvalue weighted by atomic mass is 79.9. The number of hydrogen-bond acceptors (Lipinski definition) is 5. The molecule has 3 aromatic carbocycles. The molecule has 1 aliphatic heterocycles. The number of hydrogen-bond donors (Lipinski definition) is 0. The quantitative estimate of drug-likeness (QED) is 0.422. The molecule has 35 heavy (non-hydrogen) atoms. The number of sulfonamides is 1. The number of amides is 1. The van der Waals surface area contributed by atoms with Crippen molar-refractivity contribution in [2.24, 2.45) is 0 Å². The Kier molecular flexibility index (Phi) is 7.78. The average Bonchev–Trinajstić information content (AvgIpc) is 2.88. The van der Waals surface area contributed by atoms with Crippen LogP contribution in [-0.4, -0.2) is 52.6 Å². The predicted octanol–water partition coefficient (Wildman–Crippen LogP) is 4.63. The van der Waals surface area contributed by atoms with Crippen molar-refractivity contribution in [1.82, 2.24) is 4.90 Å². The summed E-state index contributed by atoms with van der Waals surface area (Å²) >= 11 is 3.38. The molecule has 0 bridgehead atoms. The van der Waals surface area contributed by atoms with Crippen molar-refractivity contribution >= 4 is 37.5 Å². The van der Waals surface area contributed by atoms with Gasteiger partial charge in [0.1, 0.15) is 5.75 Å². The van der Waals surface area contributed by atoms with Gasteiger partial charge in [0.2, 0.25) is 0 Å². The molecule has 0 aromatic heterocycles. The van der Waals surface area contributed by atoms with E-state index in [9.17, 15) is 13.2 Å². The van der Waals surface area contributed by atoms with Gasteiger partial charge in [-0.3, -0.25) is 9.10 Å². The van der Waals surface area contributed by atoms with Crippen molar-refractivity contribution in [3.8, 4) is 5.75 Å². The fourth-order valence-corrected chi connectivity index (χ4v) is 6.00. The van der Waals surface area contributed by atoms with Crippen LogP contribution in [0.2, 0.25) is 0 Å². The molecule has 1 saturated heterocycles. The van der Waals surface area contributed by atoms with Gasteiger partial charge in [-0.05, 0) is 70.9 Å². The second-order valence-corrected chi connectivity index (χ2v) is 11.0. The predicted molar refractivity (Wildman–Crippen MR) is 138 cm³/mol. The summed E-state index contributed by atoms with van der Waals surface area (Å²) in [5, 5.41) is 0. The topological polar surface area (TPSA) is 76.2 Å². The Balaban J connectivity index is 1.64. The van der Waals surface area contributed by atoms with Crippen molar-refractivity contribution in [2.45, 2.75) is 18.4 Å². The van der Waals surface area contributed by atoms with Crippen LogP contribution in [0.5, 0.6) is 5.75 Å². The molecule has 184 valence electrons. The lowest BCUT2D eigenvalue weighted by Crippen LogP contribution is -2.40. The summed E-state index contributed by atoms with van der Waals surface area (Å²) in [5.74, 6) is 0.498. The van der Waals surface area contributed by atoms with Crippen LogP contribution in [0.3, 0.4) is 0 Å². The first-order valence-electron chi connectivity index (χ1n) is 11.2. The molecule has 1 amide bonds. The van der Waals surface area contributed by atoms with Crippen LogP contribution in [0.4, 0.5) is 5.69 Å². The summed E-state index contributed by atoms with van der Waals surface area (Å²) < 4.78 is 40.0. The van der Waals surface area contributed by atoms with E-state index in [1.54, 1.807) is 53.4 Å². The number of rotatable bonds is 7. The molecule has 0 aliphatic carbocycles. The summed E-state index contributed by atoms with van der Waals surface area (Å²) in [6.07, 6.45) is 0. The number of halogens is 1. The van der Waals surface area contributed by atoms with Crippen molar-refractivity contribution in [1.29, 1.82) is 0 Å². The number of benzene rings is 3. The summed E-state index contributed by atoms with van der Waals surface area (Å²) in [5.41, 5.74) is 2.92. The molecule has 0 saturated carbocycles. The average molecular weight is 559 g/mol. The zero-order valence-electron chi connectivity index (χ0n) is 19.6. The number of methoxy groups -OCH3 is 1. The number of nitrogens with zero attached hydrogens (tertiary/aromatic N) is 2. The van der Waals surface area contributed by atoms with Gasteiger partial charge >= 0.3 is 0 Å². The third kappa shape index (κ3) is 5.69. The van der Waals surface area contributed by atoms with Crippen molar-refractivity contribution in [2.75, 3.05) is 37.7 Å². The van der Waals surface area contributed by atoms with E-state index in [-0.39, 0.29) is 17.3 Å². The molecule has 0 N–H and O–H groups in total. The van der Waals surface area contributed by atoms with E-state index in [2.05, 4.69) is 15.9 Å². The van der Waals surface area contributed by atoms with Crippen molar-refractivity contribution in [3.63, 3.8) is 0 Å². The minimum Gasteiger partial charge on any atom is -0.496 e. The molecule has 0 radical (unpaired) electrons. The molecule has 1 fully saturated rings. The molecule has 1 aliphatic rings. The second kappa shape index (κ2) is 10.8. The standard InChI is InChI=1S/C26H27BrN2O5S/c1-19-3-9-22(10-4-19)29(35(31,32)23-11-12-25(33-2)24(27)17-23)18-20-5-7-21(8-6-20)26(30)28-13-15-34-16-14-28/h3-12,17H,13-16,18H2,1-2H3. The van der Waals surface area contributed by atoms with E-state index in [1.165, 1.54) is 17.5 Å². The summed E-state index contributed by atoms with van der Waals surface area (Å²) in [7, 11) is -2.37. The lowest BCUT2D eigenvalue weighted by molar-refractivity contribution is 0.0303. The first-order valence-corrected chi connectivity index (χ1v) is 13.4. The highest BCUT2D eigenvalue weighted by Gasteiger charge is 2.26. The largest absolute Gasteiger partial charge is 0.496 e. The summed E-state index contributed by atoms with van der Waals surface area (Å²) in [6.45, 7) is 4.27. The van der Waals surface area contributed by atoms with Gasteiger partial charge in [-0.15, -0.1) is 0 Å². The van der Waals surface area contributed by atoms with Crippen LogP contribution in [0.15, 0.2) is 76.1 Å². The van der Waals surface area contributed by atoms with Gasteiger partial charge < -0.3 is 14.4 Å². The Hall–Kier alpha value is -2.88. The molecular formula is C26H27BrN2O5S. The Morgan fingerprint density at radius 3 is 2.29 bits per heavy atom. The number of ether oxygens (including phenoxy) is 2. The third-order valence-electron chi connectivity index (χ3n) is 5.86. The zero-order valence-corrected chi connectivity index (χ0v) is 22.0. The van der Waals surface area contributed by atoms with E-state index in [0.29, 0.717) is 47.8 Å². The van der Waals surface area contributed by atoms with Gasteiger partial charge in [-0.1, -0.05) is 29.8 Å². The number of aryl methyl sites for hydroxylation is 1.